The topological polar surface area (TPSA) is 84.0 Å². The van der Waals surface area contributed by atoms with Crippen LogP contribution in [0.5, 0.6) is 0 Å². The molecular weight excluding hydrogens is 440 g/mol. The van der Waals surface area contributed by atoms with E-state index in [0.717, 1.165) is 16.2 Å². The molecule has 2 heterocycles. The molecule has 32 heavy (non-hydrogen) atoms. The number of aromatic nitrogens is 2. The van der Waals surface area contributed by atoms with E-state index in [-0.39, 0.29) is 11.8 Å². The summed E-state index contributed by atoms with van der Waals surface area (Å²) in [6.45, 7) is 0.350. The molecule has 4 rings (SSSR count). The average Bonchev–Trinajstić information content (AvgIpc) is 3.36. The molecule has 0 saturated carbocycles. The lowest BCUT2D eigenvalue weighted by molar-refractivity contribution is 0.0947. The van der Waals surface area contributed by atoms with E-state index >= 15 is 0 Å². The molecule has 160 valence electrons. The van der Waals surface area contributed by atoms with Crippen LogP contribution in [0, 0.1) is 0 Å². The van der Waals surface area contributed by atoms with Crippen LogP contribution in [0.2, 0.25) is 0 Å². The Morgan fingerprint density at radius 2 is 1.81 bits per heavy atom. The molecule has 4 aromatic rings. The summed E-state index contributed by atoms with van der Waals surface area (Å²) >= 11 is 3.15. The summed E-state index contributed by atoms with van der Waals surface area (Å²) in [5, 5.41) is 7.85. The van der Waals surface area contributed by atoms with Gasteiger partial charge in [-0.25, -0.2) is 4.98 Å². The van der Waals surface area contributed by atoms with Crippen molar-refractivity contribution in [2.45, 2.75) is 17.2 Å². The van der Waals surface area contributed by atoms with Gasteiger partial charge >= 0.3 is 0 Å². The van der Waals surface area contributed by atoms with Gasteiger partial charge in [-0.1, -0.05) is 24.3 Å². The number of carbonyl (C=O) groups is 2. The zero-order valence-electron chi connectivity index (χ0n) is 17.0. The van der Waals surface area contributed by atoms with Crippen LogP contribution in [0.25, 0.3) is 0 Å². The molecule has 0 radical (unpaired) electrons. The fourth-order valence-corrected chi connectivity index (χ4v) is 4.60. The van der Waals surface area contributed by atoms with Gasteiger partial charge in [0.05, 0.1) is 16.8 Å². The molecule has 6 nitrogen and oxygen atoms in total. The zero-order chi connectivity index (χ0) is 22.2. The number of nitrogens with zero attached hydrogens (tertiary/aromatic N) is 2. The molecule has 2 amide bonds. The maximum atomic E-state index is 12.8. The summed E-state index contributed by atoms with van der Waals surface area (Å²) in [6, 6.07) is 18.3. The molecule has 0 aliphatic heterocycles. The first-order valence-corrected chi connectivity index (χ1v) is 11.8. The van der Waals surface area contributed by atoms with Gasteiger partial charge in [-0.3, -0.25) is 14.6 Å². The molecule has 0 bridgehead atoms. The maximum absolute atomic E-state index is 12.8. The Morgan fingerprint density at radius 3 is 2.62 bits per heavy atom. The number of hydrogen-bond acceptors (Lipinski definition) is 6. The van der Waals surface area contributed by atoms with Crippen molar-refractivity contribution in [2.75, 3.05) is 5.32 Å². The fourth-order valence-electron chi connectivity index (χ4n) is 2.98. The maximum Gasteiger partial charge on any atom is 0.255 e. The van der Waals surface area contributed by atoms with E-state index in [1.807, 2.05) is 59.4 Å². The smallest absolute Gasteiger partial charge is 0.255 e. The van der Waals surface area contributed by atoms with Gasteiger partial charge in [0.15, 0.2) is 0 Å². The summed E-state index contributed by atoms with van der Waals surface area (Å²) < 4.78 is 0. The van der Waals surface area contributed by atoms with Crippen molar-refractivity contribution < 1.29 is 9.59 Å². The minimum atomic E-state index is -0.209. The van der Waals surface area contributed by atoms with Crippen LogP contribution < -0.4 is 10.6 Å². The van der Waals surface area contributed by atoms with Crippen molar-refractivity contribution >= 4 is 40.6 Å². The highest BCUT2D eigenvalue weighted by atomic mass is 32.2. The molecule has 2 aromatic heterocycles. The van der Waals surface area contributed by atoms with E-state index in [2.05, 4.69) is 20.6 Å². The highest BCUT2D eigenvalue weighted by Crippen LogP contribution is 2.26. The number of hydrogen-bond donors (Lipinski definition) is 2. The molecule has 0 saturated heterocycles. The molecule has 2 aromatic carbocycles. The van der Waals surface area contributed by atoms with Gasteiger partial charge in [-0.2, -0.15) is 0 Å². The first-order valence-electron chi connectivity index (χ1n) is 9.86. The number of rotatable bonds is 8. The number of nitrogens with one attached hydrogen (secondary N) is 2. The number of anilines is 1. The summed E-state index contributed by atoms with van der Waals surface area (Å²) in [5.41, 5.74) is 5.53. The third kappa shape index (κ3) is 5.81. The number of pyridine rings is 1. The third-order valence-electron chi connectivity index (χ3n) is 4.57. The summed E-state index contributed by atoms with van der Waals surface area (Å²) in [5.74, 6) is 0.366. The Labute approximate surface area is 194 Å². The molecule has 0 unspecified atom stereocenters. The van der Waals surface area contributed by atoms with Crippen LogP contribution in [0.15, 0.2) is 88.8 Å². The predicted molar refractivity (Wildman–Crippen MR) is 128 cm³/mol. The first kappa shape index (κ1) is 21.7. The second kappa shape index (κ2) is 10.7. The van der Waals surface area contributed by atoms with Crippen molar-refractivity contribution in [1.29, 1.82) is 0 Å². The van der Waals surface area contributed by atoms with Crippen molar-refractivity contribution in [1.82, 2.24) is 15.3 Å². The quantitative estimate of drug-likeness (QED) is 0.361. The van der Waals surface area contributed by atoms with E-state index in [4.69, 9.17) is 0 Å². The lowest BCUT2D eigenvalue weighted by atomic mass is 10.1. The van der Waals surface area contributed by atoms with Crippen LogP contribution in [0.1, 0.15) is 32.0 Å². The standard InChI is InChI=1S/C24H20N4O2S2/c29-23(18-8-10-25-11-9-18)28-19-5-3-4-17(12-19)13-26-24(30)21-6-1-2-7-22(21)32-15-20-14-31-16-27-20/h1-12,14,16H,13,15H2,(H,26,30)(H,28,29). The summed E-state index contributed by atoms with van der Waals surface area (Å²) in [4.78, 5) is 34.3. The molecule has 0 fully saturated rings. The first-order chi connectivity index (χ1) is 15.7. The van der Waals surface area contributed by atoms with Crippen molar-refractivity contribution in [2.24, 2.45) is 0 Å². The largest absolute Gasteiger partial charge is 0.348 e. The lowest BCUT2D eigenvalue weighted by Crippen LogP contribution is -2.23. The van der Waals surface area contributed by atoms with Crippen molar-refractivity contribution in [3.63, 3.8) is 0 Å². The van der Waals surface area contributed by atoms with Crippen LogP contribution in [-0.2, 0) is 12.3 Å². The van der Waals surface area contributed by atoms with Gasteiger partial charge in [0.25, 0.3) is 11.8 Å². The van der Waals surface area contributed by atoms with Gasteiger partial charge in [-0.05, 0) is 42.0 Å². The highest BCUT2D eigenvalue weighted by Gasteiger charge is 2.12. The lowest BCUT2D eigenvalue weighted by Gasteiger charge is -2.11. The highest BCUT2D eigenvalue weighted by molar-refractivity contribution is 7.98. The van der Waals surface area contributed by atoms with Gasteiger partial charge in [0.2, 0.25) is 0 Å². The molecule has 0 aliphatic carbocycles. The minimum Gasteiger partial charge on any atom is -0.348 e. The number of thioether (sulfide) groups is 1. The fraction of sp³-hybridized carbons (Fsp3) is 0.0833. The molecule has 2 N–H and O–H groups in total. The van der Waals surface area contributed by atoms with E-state index in [0.29, 0.717) is 29.1 Å². The second-order valence-electron chi connectivity index (χ2n) is 6.84. The Bertz CT molecular complexity index is 1200. The second-order valence-corrected chi connectivity index (χ2v) is 8.57. The number of carbonyl (C=O) groups excluding carboxylic acids is 2. The summed E-state index contributed by atoms with van der Waals surface area (Å²) in [6.07, 6.45) is 3.15. The van der Waals surface area contributed by atoms with Crippen LogP contribution in [-0.4, -0.2) is 21.8 Å². The Kier molecular flexibility index (Phi) is 7.27. The zero-order valence-corrected chi connectivity index (χ0v) is 18.7. The van der Waals surface area contributed by atoms with Crippen LogP contribution in [0.3, 0.4) is 0 Å². The van der Waals surface area contributed by atoms with Gasteiger partial charge in [0.1, 0.15) is 0 Å². The number of thiazole rings is 1. The molecule has 0 spiro atoms. The van der Waals surface area contributed by atoms with Gasteiger partial charge in [0, 0.05) is 46.2 Å². The van der Waals surface area contributed by atoms with E-state index in [9.17, 15) is 9.59 Å². The van der Waals surface area contributed by atoms with Crippen molar-refractivity contribution in [3.8, 4) is 0 Å². The number of benzene rings is 2. The number of amides is 2. The Balaban J connectivity index is 1.37. The van der Waals surface area contributed by atoms with Crippen LogP contribution in [0.4, 0.5) is 5.69 Å². The van der Waals surface area contributed by atoms with Gasteiger partial charge in [-0.15, -0.1) is 23.1 Å². The summed E-state index contributed by atoms with van der Waals surface area (Å²) in [7, 11) is 0. The Hall–Kier alpha value is -3.49. The van der Waals surface area contributed by atoms with Gasteiger partial charge < -0.3 is 10.6 Å². The SMILES string of the molecule is O=C(Nc1cccc(CNC(=O)c2ccccc2SCc2cscn2)c1)c1ccncc1. The van der Waals surface area contributed by atoms with E-state index < -0.39 is 0 Å². The van der Waals surface area contributed by atoms with Crippen molar-refractivity contribution in [3.05, 3.63) is 106 Å². The predicted octanol–water partition coefficient (Wildman–Crippen LogP) is 5.01. The minimum absolute atomic E-state index is 0.141. The normalized spacial score (nSPS) is 10.5. The molecule has 8 heteroatoms. The van der Waals surface area contributed by atoms with Crippen LogP contribution >= 0.6 is 23.1 Å². The monoisotopic (exact) mass is 460 g/mol. The van der Waals surface area contributed by atoms with E-state index in [1.165, 1.54) is 0 Å². The Morgan fingerprint density at radius 1 is 0.969 bits per heavy atom. The third-order valence-corrected chi connectivity index (χ3v) is 6.31. The van der Waals surface area contributed by atoms with E-state index in [1.54, 1.807) is 47.6 Å². The molecule has 0 aliphatic rings. The average molecular weight is 461 g/mol. The molecule has 0 atom stereocenters. The molecular formula is C24H20N4O2S2.